The number of hydrogen-bond donors (Lipinski definition) is 0. The number of aryl methyl sites for hydroxylation is 2. The van der Waals surface area contributed by atoms with E-state index in [4.69, 9.17) is 10.00 Å². The Bertz CT molecular complexity index is 854. The maximum Gasteiger partial charge on any atom is 0.222 e. The maximum atomic E-state index is 13.8. The van der Waals surface area contributed by atoms with Crippen LogP contribution in [0.2, 0.25) is 0 Å². The van der Waals surface area contributed by atoms with Gasteiger partial charge in [0.1, 0.15) is 0 Å². The van der Waals surface area contributed by atoms with Crippen molar-refractivity contribution in [2.75, 3.05) is 14.2 Å². The first-order valence-electron chi connectivity index (χ1n) is 8.83. The van der Waals surface area contributed by atoms with Crippen molar-refractivity contribution in [3.05, 3.63) is 46.5 Å². The molecule has 0 N–H and O–H groups in total. The van der Waals surface area contributed by atoms with Gasteiger partial charge < -0.3 is 9.64 Å². The molecule has 1 amide bonds. The molecule has 0 aliphatic heterocycles. The molecular formula is C20H25FN4O2. The van der Waals surface area contributed by atoms with Gasteiger partial charge in [0.25, 0.3) is 0 Å². The molecule has 0 aliphatic rings. The summed E-state index contributed by atoms with van der Waals surface area (Å²) >= 11 is 0. The topological polar surface area (TPSA) is 71.2 Å². The molecule has 7 heteroatoms. The van der Waals surface area contributed by atoms with Crippen molar-refractivity contribution in [3.8, 4) is 11.8 Å². The summed E-state index contributed by atoms with van der Waals surface area (Å²) in [6, 6.07) is 6.81. The minimum absolute atomic E-state index is 0.0187. The molecule has 0 fully saturated rings. The molecule has 0 atom stereocenters. The molecule has 1 aromatic heterocycles. The average Bonchev–Trinajstić information content (AvgIpc) is 2.91. The van der Waals surface area contributed by atoms with Gasteiger partial charge in [-0.25, -0.2) is 4.39 Å². The van der Waals surface area contributed by atoms with Crippen LogP contribution in [0, 0.1) is 31.0 Å². The molecule has 27 heavy (non-hydrogen) atoms. The van der Waals surface area contributed by atoms with Crippen LogP contribution in [0.25, 0.3) is 0 Å². The van der Waals surface area contributed by atoms with E-state index >= 15 is 0 Å². The summed E-state index contributed by atoms with van der Waals surface area (Å²) in [7, 11) is 3.13. The Labute approximate surface area is 159 Å². The fourth-order valence-corrected chi connectivity index (χ4v) is 3.06. The lowest BCUT2D eigenvalue weighted by atomic mass is 10.1. The highest BCUT2D eigenvalue weighted by Crippen LogP contribution is 2.19. The Morgan fingerprint density at radius 1 is 1.41 bits per heavy atom. The third-order valence-corrected chi connectivity index (χ3v) is 4.62. The third kappa shape index (κ3) is 5.07. The number of carbonyl (C=O) groups excluding carboxylic acids is 1. The zero-order valence-corrected chi connectivity index (χ0v) is 16.3. The summed E-state index contributed by atoms with van der Waals surface area (Å²) in [5.74, 6) is -0.270. The van der Waals surface area contributed by atoms with Crippen LogP contribution >= 0.6 is 0 Å². The Morgan fingerprint density at radius 2 is 2.15 bits per heavy atom. The van der Waals surface area contributed by atoms with Crippen LogP contribution in [0.4, 0.5) is 4.39 Å². The van der Waals surface area contributed by atoms with Gasteiger partial charge in [0.05, 0.1) is 31.8 Å². The van der Waals surface area contributed by atoms with Crippen LogP contribution in [0.5, 0.6) is 5.75 Å². The van der Waals surface area contributed by atoms with E-state index in [1.807, 2.05) is 18.5 Å². The molecule has 0 spiro atoms. The number of carbonyl (C=O) groups is 1. The number of rotatable bonds is 8. The Balaban J connectivity index is 1.96. The molecule has 1 heterocycles. The molecule has 6 nitrogen and oxygen atoms in total. The van der Waals surface area contributed by atoms with Gasteiger partial charge in [0.15, 0.2) is 11.6 Å². The molecule has 0 bridgehead atoms. The van der Waals surface area contributed by atoms with Crippen molar-refractivity contribution in [3.63, 3.8) is 0 Å². The number of halogens is 1. The van der Waals surface area contributed by atoms with Gasteiger partial charge in [-0.2, -0.15) is 10.4 Å². The van der Waals surface area contributed by atoms with E-state index in [0.717, 1.165) is 17.0 Å². The molecule has 0 saturated carbocycles. The Kier molecular flexibility index (Phi) is 6.94. The summed E-state index contributed by atoms with van der Waals surface area (Å²) in [6.07, 6.45) is 1.34. The van der Waals surface area contributed by atoms with Crippen molar-refractivity contribution in [1.29, 1.82) is 5.26 Å². The molecule has 1 aromatic carbocycles. The molecule has 2 rings (SSSR count). The third-order valence-electron chi connectivity index (χ3n) is 4.62. The predicted molar refractivity (Wildman–Crippen MR) is 99.7 cm³/mol. The van der Waals surface area contributed by atoms with E-state index in [-0.39, 0.29) is 11.7 Å². The van der Waals surface area contributed by atoms with E-state index in [0.29, 0.717) is 37.9 Å². The lowest BCUT2D eigenvalue weighted by molar-refractivity contribution is -0.130. The van der Waals surface area contributed by atoms with Gasteiger partial charge in [0.2, 0.25) is 5.91 Å². The molecule has 2 aromatic rings. The second-order valence-electron chi connectivity index (χ2n) is 6.50. The van der Waals surface area contributed by atoms with Crippen LogP contribution in [0.3, 0.4) is 0 Å². The van der Waals surface area contributed by atoms with Crippen LogP contribution in [0.1, 0.15) is 35.4 Å². The second kappa shape index (κ2) is 9.17. The van der Waals surface area contributed by atoms with Crippen molar-refractivity contribution < 1.29 is 13.9 Å². The summed E-state index contributed by atoms with van der Waals surface area (Å²) in [5, 5.41) is 13.2. The fourth-order valence-electron chi connectivity index (χ4n) is 3.06. The quantitative estimate of drug-likeness (QED) is 0.714. The summed E-state index contributed by atoms with van der Waals surface area (Å²) < 4.78 is 20.5. The SMILES string of the molecule is COc1ccc(CN(C)C(=O)CCc2c(C)nn(CCC#N)c2C)cc1F. The average molecular weight is 372 g/mol. The van der Waals surface area contributed by atoms with E-state index in [1.165, 1.54) is 13.2 Å². The lowest BCUT2D eigenvalue weighted by Gasteiger charge is -2.18. The second-order valence-corrected chi connectivity index (χ2v) is 6.50. The first-order chi connectivity index (χ1) is 12.9. The molecule has 0 aliphatic carbocycles. The van der Waals surface area contributed by atoms with E-state index < -0.39 is 5.82 Å². The zero-order valence-electron chi connectivity index (χ0n) is 16.3. The highest BCUT2D eigenvalue weighted by atomic mass is 19.1. The minimum atomic E-state index is -0.438. The van der Waals surface area contributed by atoms with E-state index in [1.54, 1.807) is 24.1 Å². The summed E-state index contributed by atoms with van der Waals surface area (Å²) in [5.41, 5.74) is 3.64. The first kappa shape index (κ1) is 20.4. The number of amides is 1. The summed E-state index contributed by atoms with van der Waals surface area (Å²) in [4.78, 5) is 14.1. The van der Waals surface area contributed by atoms with Crippen molar-refractivity contribution in [2.45, 2.75) is 46.2 Å². The smallest absolute Gasteiger partial charge is 0.222 e. The Morgan fingerprint density at radius 3 is 2.78 bits per heavy atom. The van der Waals surface area contributed by atoms with Gasteiger partial charge in [0, 0.05) is 25.7 Å². The first-order valence-corrected chi connectivity index (χ1v) is 8.83. The van der Waals surface area contributed by atoms with Crippen LogP contribution in [-0.2, 0) is 24.3 Å². The number of nitrogens with zero attached hydrogens (tertiary/aromatic N) is 4. The number of ether oxygens (including phenoxy) is 1. The molecule has 0 saturated heterocycles. The van der Waals surface area contributed by atoms with Crippen molar-refractivity contribution >= 4 is 5.91 Å². The normalized spacial score (nSPS) is 10.5. The molecule has 0 radical (unpaired) electrons. The monoisotopic (exact) mass is 372 g/mol. The molecule has 0 unspecified atom stereocenters. The van der Waals surface area contributed by atoms with Crippen LogP contribution in [0.15, 0.2) is 18.2 Å². The van der Waals surface area contributed by atoms with E-state index in [2.05, 4.69) is 11.2 Å². The number of hydrogen-bond acceptors (Lipinski definition) is 4. The summed E-state index contributed by atoms with van der Waals surface area (Å²) in [6.45, 7) is 4.76. The number of aromatic nitrogens is 2. The number of benzene rings is 1. The van der Waals surface area contributed by atoms with Gasteiger partial charge in [-0.05, 0) is 43.5 Å². The lowest BCUT2D eigenvalue weighted by Crippen LogP contribution is -2.26. The van der Waals surface area contributed by atoms with Crippen LogP contribution in [-0.4, -0.2) is 34.7 Å². The largest absolute Gasteiger partial charge is 0.494 e. The predicted octanol–water partition coefficient (Wildman–Crippen LogP) is 3.15. The van der Waals surface area contributed by atoms with Crippen LogP contribution < -0.4 is 4.74 Å². The fraction of sp³-hybridized carbons (Fsp3) is 0.450. The molecule has 144 valence electrons. The van der Waals surface area contributed by atoms with Gasteiger partial charge in [-0.1, -0.05) is 6.07 Å². The van der Waals surface area contributed by atoms with Gasteiger partial charge >= 0.3 is 0 Å². The van der Waals surface area contributed by atoms with Gasteiger partial charge in [-0.3, -0.25) is 9.48 Å². The standard InChI is InChI=1S/C20H25FN4O2/c1-14-17(15(2)25(23-14)11-5-10-22)7-9-20(26)24(3)13-16-6-8-19(27-4)18(21)12-16/h6,8,12H,5,7,9,11,13H2,1-4H3. The number of methoxy groups -OCH3 is 1. The molecular weight excluding hydrogens is 347 g/mol. The van der Waals surface area contributed by atoms with Crippen molar-refractivity contribution in [1.82, 2.24) is 14.7 Å². The number of nitriles is 1. The van der Waals surface area contributed by atoms with E-state index in [9.17, 15) is 9.18 Å². The highest BCUT2D eigenvalue weighted by Gasteiger charge is 2.15. The van der Waals surface area contributed by atoms with Gasteiger partial charge in [-0.15, -0.1) is 0 Å². The maximum absolute atomic E-state index is 13.8. The van der Waals surface area contributed by atoms with Crippen molar-refractivity contribution in [2.24, 2.45) is 0 Å². The zero-order chi connectivity index (χ0) is 20.0. The minimum Gasteiger partial charge on any atom is -0.494 e. The Hall–Kier alpha value is -2.88. The highest BCUT2D eigenvalue weighted by molar-refractivity contribution is 5.76.